The molecule has 0 bridgehead atoms. The molecule has 158 valence electrons. The summed E-state index contributed by atoms with van der Waals surface area (Å²) in [5.41, 5.74) is 0.755. The summed E-state index contributed by atoms with van der Waals surface area (Å²) in [4.78, 5) is 21.4. The van der Waals surface area contributed by atoms with Crippen LogP contribution in [0.2, 0.25) is 0 Å². The third-order valence-corrected chi connectivity index (χ3v) is 3.74. The van der Waals surface area contributed by atoms with E-state index in [1.165, 1.54) is 26.0 Å². The molecule has 0 aliphatic heterocycles. The van der Waals surface area contributed by atoms with Gasteiger partial charge in [-0.3, -0.25) is 21.7 Å². The fourth-order valence-corrected chi connectivity index (χ4v) is 2.22. The minimum atomic E-state index is -0.113. The maximum Gasteiger partial charge on any atom is 2.00 e. The Balaban J connectivity index is 0.000000401. The summed E-state index contributed by atoms with van der Waals surface area (Å²) < 4.78 is 0. The number of hydrogen-bond acceptors (Lipinski definition) is 4. The Morgan fingerprint density at radius 2 is 1.06 bits per heavy atom. The normalized spacial score (nSPS) is 11.7. The fourth-order valence-electron chi connectivity index (χ4n) is 2.22. The van der Waals surface area contributed by atoms with Gasteiger partial charge in [0.2, 0.25) is 0 Å². The van der Waals surface area contributed by atoms with Crippen LogP contribution >= 0.6 is 0 Å². The van der Waals surface area contributed by atoms with Crippen LogP contribution in [0.1, 0.15) is 47.4 Å². The Morgan fingerprint density at radius 3 is 1.23 bits per heavy atom. The standard InChI is InChI=1S/2C8H8O2.2C5H5.Zr/c2*1-6(9)7-4-2-3-5-8(7)10;2*1-2-4-5-3-1;/h2*2-5,10H,1H3;2*1-3H,4H2;/q;;2*-1;+2. The first-order valence-corrected chi connectivity index (χ1v) is 9.44. The van der Waals surface area contributed by atoms with Gasteiger partial charge in [0.1, 0.15) is 11.5 Å². The van der Waals surface area contributed by atoms with E-state index in [4.69, 9.17) is 10.2 Å². The number of phenols is 2. The number of phenolic OH excluding ortho intramolecular Hbond substituents is 2. The van der Waals surface area contributed by atoms with Crippen molar-refractivity contribution in [2.45, 2.75) is 26.7 Å². The van der Waals surface area contributed by atoms with Crippen LogP contribution in [0.4, 0.5) is 0 Å². The minimum Gasteiger partial charge on any atom is -0.507 e. The number of hydrogen-bond donors (Lipinski definition) is 2. The van der Waals surface area contributed by atoms with E-state index in [1.54, 1.807) is 36.4 Å². The first kappa shape index (κ1) is 28.2. The number of carbonyl (C=O) groups is 2. The number of ketones is 2. The van der Waals surface area contributed by atoms with E-state index in [0.717, 1.165) is 12.8 Å². The molecule has 4 nitrogen and oxygen atoms in total. The van der Waals surface area contributed by atoms with E-state index in [9.17, 15) is 9.59 Å². The average Bonchev–Trinajstić information content (AvgIpc) is 3.47. The van der Waals surface area contributed by atoms with Crippen molar-refractivity contribution in [2.75, 3.05) is 0 Å². The van der Waals surface area contributed by atoms with E-state index in [2.05, 4.69) is 24.3 Å². The van der Waals surface area contributed by atoms with Crippen molar-refractivity contribution in [2.24, 2.45) is 0 Å². The largest absolute Gasteiger partial charge is 2.00 e. The van der Waals surface area contributed by atoms with E-state index < -0.39 is 0 Å². The summed E-state index contributed by atoms with van der Waals surface area (Å²) in [7, 11) is 0. The third kappa shape index (κ3) is 12.5. The van der Waals surface area contributed by atoms with Crippen LogP contribution in [0.5, 0.6) is 11.5 Å². The van der Waals surface area contributed by atoms with Gasteiger partial charge < -0.3 is 10.2 Å². The zero-order valence-corrected chi connectivity index (χ0v) is 20.2. The monoisotopic (exact) mass is 492 g/mol. The van der Waals surface area contributed by atoms with Gasteiger partial charge in [-0.15, -0.1) is 12.8 Å². The zero-order valence-electron chi connectivity index (χ0n) is 17.7. The molecule has 0 atom stereocenters. The minimum absolute atomic E-state index is 0. The molecular weight excluding hydrogens is 468 g/mol. The van der Waals surface area contributed by atoms with Gasteiger partial charge in [0.15, 0.2) is 11.6 Å². The molecule has 2 N–H and O–H groups in total. The molecular formula is C26H26O4Zr. The van der Waals surface area contributed by atoms with Gasteiger partial charge in [-0.1, -0.05) is 24.3 Å². The molecule has 0 saturated heterocycles. The molecule has 2 aliphatic rings. The second-order valence-corrected chi connectivity index (χ2v) is 6.15. The van der Waals surface area contributed by atoms with Crippen LogP contribution in [-0.4, -0.2) is 21.8 Å². The molecule has 0 radical (unpaired) electrons. The Bertz CT molecular complexity index is 842. The Labute approximate surface area is 203 Å². The summed E-state index contributed by atoms with van der Waals surface area (Å²) in [6.45, 7) is 2.85. The Kier molecular flexibility index (Phi) is 15.4. The van der Waals surface area contributed by atoms with Gasteiger partial charge in [0.05, 0.1) is 11.1 Å². The summed E-state index contributed by atoms with van der Waals surface area (Å²) in [5.74, 6) is -0.124. The molecule has 31 heavy (non-hydrogen) atoms. The van der Waals surface area contributed by atoms with Gasteiger partial charge in [0, 0.05) is 0 Å². The summed E-state index contributed by atoms with van der Waals surface area (Å²) in [6.07, 6.45) is 20.0. The smallest absolute Gasteiger partial charge is 0.507 e. The summed E-state index contributed by atoms with van der Waals surface area (Å²) >= 11 is 0. The first-order valence-electron chi connectivity index (χ1n) is 9.44. The van der Waals surface area contributed by atoms with Crippen LogP contribution in [0.15, 0.2) is 85.0 Å². The SMILES string of the molecule is CC(=O)c1ccccc1O.CC(=O)c1ccccc1O.[C-]1=CC=CC1.[C-]1=CC=CC1.[Zr+2]. The number of carbonyl (C=O) groups excluding carboxylic acids is 2. The zero-order chi connectivity index (χ0) is 22.2. The van der Waals surface area contributed by atoms with Crippen molar-refractivity contribution >= 4 is 11.6 Å². The van der Waals surface area contributed by atoms with E-state index in [-0.39, 0.29) is 49.3 Å². The molecule has 2 aliphatic carbocycles. The number of para-hydroxylation sites is 2. The van der Waals surface area contributed by atoms with Crippen LogP contribution < -0.4 is 0 Å². The van der Waals surface area contributed by atoms with Gasteiger partial charge in [-0.2, -0.15) is 12.2 Å². The molecule has 4 rings (SSSR count). The predicted octanol–water partition coefficient (Wildman–Crippen LogP) is 5.80. The number of Topliss-reactive ketones (excluding diaryl/α,β-unsaturated/α-hetero) is 2. The predicted molar refractivity (Wildman–Crippen MR) is 119 cm³/mol. The quantitative estimate of drug-likeness (QED) is 0.410. The second kappa shape index (κ2) is 17.0. The maximum absolute atomic E-state index is 10.7. The van der Waals surface area contributed by atoms with E-state index in [1.807, 2.05) is 24.3 Å². The Morgan fingerprint density at radius 1 is 0.710 bits per heavy atom. The molecule has 5 heteroatoms. The third-order valence-electron chi connectivity index (χ3n) is 3.74. The summed E-state index contributed by atoms with van der Waals surface area (Å²) in [6, 6.07) is 13.0. The molecule has 0 heterocycles. The number of allylic oxidation sites excluding steroid dienone is 8. The summed E-state index contributed by atoms with van der Waals surface area (Å²) in [5, 5.41) is 18.1. The van der Waals surface area contributed by atoms with Gasteiger partial charge in [-0.25, -0.2) is 24.3 Å². The van der Waals surface area contributed by atoms with Crippen molar-refractivity contribution < 1.29 is 46.0 Å². The van der Waals surface area contributed by atoms with Crippen LogP contribution in [0.3, 0.4) is 0 Å². The molecule has 0 spiro atoms. The molecule has 2 aromatic carbocycles. The van der Waals surface area contributed by atoms with Gasteiger partial charge in [-0.05, 0) is 38.1 Å². The number of rotatable bonds is 2. The topological polar surface area (TPSA) is 74.6 Å². The first-order chi connectivity index (χ1) is 14.4. The van der Waals surface area contributed by atoms with Crippen LogP contribution in [0.25, 0.3) is 0 Å². The van der Waals surface area contributed by atoms with Crippen LogP contribution in [-0.2, 0) is 26.2 Å². The molecule has 0 saturated carbocycles. The van der Waals surface area contributed by atoms with Crippen molar-refractivity contribution in [3.05, 3.63) is 108 Å². The Hall–Kier alpha value is -2.78. The fraction of sp³-hybridized carbons (Fsp3) is 0.154. The van der Waals surface area contributed by atoms with Crippen molar-refractivity contribution in [3.8, 4) is 11.5 Å². The van der Waals surface area contributed by atoms with Gasteiger partial charge in [0.25, 0.3) is 0 Å². The average molecular weight is 494 g/mol. The van der Waals surface area contributed by atoms with Crippen molar-refractivity contribution in [1.29, 1.82) is 0 Å². The van der Waals surface area contributed by atoms with Crippen molar-refractivity contribution in [1.82, 2.24) is 0 Å². The number of aromatic hydroxyl groups is 2. The second-order valence-electron chi connectivity index (χ2n) is 6.15. The van der Waals surface area contributed by atoms with Gasteiger partial charge >= 0.3 is 26.2 Å². The molecule has 2 aromatic rings. The van der Waals surface area contributed by atoms with Crippen LogP contribution in [0, 0.1) is 12.2 Å². The molecule has 0 unspecified atom stereocenters. The molecule has 0 fully saturated rings. The maximum atomic E-state index is 10.7. The van der Waals surface area contributed by atoms with E-state index >= 15 is 0 Å². The van der Waals surface area contributed by atoms with E-state index in [0.29, 0.717) is 11.1 Å². The molecule has 0 aromatic heterocycles. The number of benzene rings is 2. The molecule has 0 amide bonds. The van der Waals surface area contributed by atoms with Crippen molar-refractivity contribution in [3.63, 3.8) is 0 Å².